The number of aryl methyl sites for hydroxylation is 3. The zero-order chi connectivity index (χ0) is 96.3. The molecule has 1 fully saturated rings. The van der Waals surface area contributed by atoms with Crippen LogP contribution in [0.4, 0.5) is 45.5 Å². The third kappa shape index (κ3) is 28.5. The Hall–Kier alpha value is -15.7. The fourth-order valence-corrected chi connectivity index (χ4v) is 15.5. The molecule has 8 aromatic carbocycles. The zero-order valence-electron chi connectivity index (χ0n) is 78.9. The minimum absolute atomic E-state index is 0. The monoisotopic (exact) mass is 1940 g/mol. The number of hydrogen-bond donors (Lipinski definition) is 5. The number of methoxy groups -OCH3 is 9. The Labute approximate surface area is 830 Å². The van der Waals surface area contributed by atoms with Crippen molar-refractivity contribution in [1.29, 1.82) is 0 Å². The van der Waals surface area contributed by atoms with Gasteiger partial charge in [0.05, 0.1) is 200 Å². The molecule has 37 nitrogen and oxygen atoms in total. The van der Waals surface area contributed by atoms with Gasteiger partial charge in [-0.15, -0.1) is 0 Å². The van der Waals surface area contributed by atoms with E-state index in [0.717, 1.165) is 168 Å². The van der Waals surface area contributed by atoms with E-state index in [2.05, 4.69) is 77.8 Å². The zero-order valence-corrected chi connectivity index (χ0v) is 78.9. The van der Waals surface area contributed by atoms with Gasteiger partial charge in [0.15, 0.2) is 0 Å². The summed E-state index contributed by atoms with van der Waals surface area (Å²) in [5, 5.41) is 40.8. The third-order valence-electron chi connectivity index (χ3n) is 22.5. The van der Waals surface area contributed by atoms with E-state index >= 15 is 0 Å². The van der Waals surface area contributed by atoms with Crippen LogP contribution in [0.2, 0.25) is 0 Å². The van der Waals surface area contributed by atoms with Gasteiger partial charge < -0.3 is 93.7 Å². The fourth-order valence-electron chi connectivity index (χ4n) is 15.5. The lowest BCUT2D eigenvalue weighted by Gasteiger charge is -2.27. The van der Waals surface area contributed by atoms with E-state index < -0.39 is 0 Å². The van der Waals surface area contributed by atoms with Crippen molar-refractivity contribution in [3.8, 4) is 91.0 Å². The topological polar surface area (TPSA) is 398 Å². The van der Waals surface area contributed by atoms with Crippen LogP contribution in [0.5, 0.6) is 46.0 Å². The Morgan fingerprint density at radius 3 is 0.951 bits per heavy atom. The molecule has 0 bridgehead atoms. The molecule has 142 heavy (non-hydrogen) atoms. The van der Waals surface area contributed by atoms with Gasteiger partial charge in [-0.2, -0.15) is 20.4 Å². The van der Waals surface area contributed by atoms with Gasteiger partial charge in [-0.25, -0.2) is 19.9 Å². The van der Waals surface area contributed by atoms with Crippen molar-refractivity contribution in [2.75, 3.05) is 169 Å². The van der Waals surface area contributed by atoms with Crippen LogP contribution in [-0.4, -0.2) is 255 Å². The van der Waals surface area contributed by atoms with E-state index in [0.29, 0.717) is 71.7 Å². The number of aliphatic hydroxyl groups is 2. The molecular weight excluding hydrogens is 1810 g/mol. The molecule has 752 valence electrons. The number of ether oxygens (including phenoxy) is 9. The molecule has 0 spiro atoms. The minimum atomic E-state index is -0.244. The van der Waals surface area contributed by atoms with Crippen LogP contribution in [0, 0.1) is 0 Å². The van der Waals surface area contributed by atoms with Gasteiger partial charge in [0.1, 0.15) is 59.1 Å². The molecule has 0 saturated carbocycles. The quantitative estimate of drug-likeness (QED) is 0.0224. The molecular formula is C105H134N24O13. The maximum Gasteiger partial charge on any atom is 0.240 e. The van der Waals surface area contributed by atoms with E-state index in [-0.39, 0.29) is 81.8 Å². The summed E-state index contributed by atoms with van der Waals surface area (Å²) in [6.45, 7) is 7.09. The normalized spacial score (nSPS) is 11.3. The maximum atomic E-state index is 12.8. The molecule has 1 aliphatic rings. The lowest BCUT2D eigenvalue weighted by atomic mass is 10.1. The number of benzene rings is 8. The van der Waals surface area contributed by atoms with Crippen molar-refractivity contribution < 1.29 is 62.4 Å². The molecule has 1 saturated heterocycles. The highest BCUT2D eigenvalue weighted by Crippen LogP contribution is 2.41. The highest BCUT2D eigenvalue weighted by atomic mass is 16.5. The number of carbonyl (C=O) groups is 2. The maximum absolute atomic E-state index is 12.8. The number of amides is 2. The van der Waals surface area contributed by atoms with Gasteiger partial charge in [0.25, 0.3) is 0 Å². The molecule has 0 unspecified atom stereocenters. The van der Waals surface area contributed by atoms with Crippen LogP contribution in [0.1, 0.15) is 62.8 Å². The fraction of sp³-hybridized carbons (Fsp3) is 0.333. The highest BCUT2D eigenvalue weighted by Gasteiger charge is 2.24. The van der Waals surface area contributed by atoms with Crippen molar-refractivity contribution >= 4 is 101 Å². The number of aliphatic hydroxyl groups excluding tert-OH is 2. The summed E-state index contributed by atoms with van der Waals surface area (Å²) in [4.78, 5) is 73.7. The van der Waals surface area contributed by atoms with E-state index in [1.807, 2.05) is 177 Å². The summed E-state index contributed by atoms with van der Waals surface area (Å²) >= 11 is 0. The second-order valence-electron chi connectivity index (χ2n) is 31.9. The highest BCUT2D eigenvalue weighted by molar-refractivity contribution is 5.91. The van der Waals surface area contributed by atoms with Crippen molar-refractivity contribution in [3.63, 3.8) is 0 Å². The molecule has 1 aliphatic heterocycles. The lowest BCUT2D eigenvalue weighted by Crippen LogP contribution is -2.36. The van der Waals surface area contributed by atoms with Crippen LogP contribution in [0.25, 0.3) is 89.2 Å². The van der Waals surface area contributed by atoms with Gasteiger partial charge in [0.2, 0.25) is 11.8 Å². The average Bonchev–Trinajstić information content (AvgIpc) is 1.27. The van der Waals surface area contributed by atoms with Crippen LogP contribution in [-0.2, 0) is 42.0 Å². The molecule has 0 atom stereocenters. The predicted octanol–water partition coefficient (Wildman–Crippen LogP) is 16.1. The standard InChI is InChI=1S/C28H34N6O3.C25H28N6O4.C24H26N6O4.C23H26N6O2.5CH4/c1-36-24-14-23(15-25(17-24)37-2)34(11-5-10-32-8-3-4-9-32)22-6-7-26-27(16-22)31-28(19-29-26)21-18-30-33(20-21)12-13-35;1-30-15-17(13-28-30)24-14-27-22-6-5-18(11-23(22)29-24)31(16-25(32)26-7-8-33-2)19-9-20(34-3)12-21(10-19)35-4;1-29-14-16(12-27-29)23-13-26-21-5-4-17(10-22(21)28-23)30(15-24(32)25-6-7-31)18-8-19(33-2)11-20(9-18)34-3;1-28-15-16(13-26-28)23-14-25-21-6-5-17(11-22(21)27-23)29(8-4-7-24)18-9-19(30-2)12-20(10-18)31-3;;;;;/h6-7,14-20,35H,3-5,8-13H2,1-2H3;5-6,9-15H,7-8,16H2,1-4H3,(H,26,32);4-5,8-14,31H,6-7,15H2,1-3H3,(H,25,32);5-6,9-15H,4,7-8,24H2,1-3H3;5*1H4. The Balaban J connectivity index is 0.000000209. The van der Waals surface area contributed by atoms with Crippen molar-refractivity contribution in [2.24, 2.45) is 26.9 Å². The first-order chi connectivity index (χ1) is 66.8. The van der Waals surface area contributed by atoms with E-state index in [9.17, 15) is 14.7 Å². The first-order valence-electron chi connectivity index (χ1n) is 44.5. The molecule has 8 aromatic heterocycles. The molecule has 16 aromatic rings. The number of hydrogen-bond acceptors (Lipinski definition) is 31. The van der Waals surface area contributed by atoms with Crippen LogP contribution >= 0.6 is 0 Å². The van der Waals surface area contributed by atoms with Crippen LogP contribution in [0.15, 0.2) is 220 Å². The lowest BCUT2D eigenvalue weighted by molar-refractivity contribution is -0.120. The van der Waals surface area contributed by atoms with Crippen molar-refractivity contribution in [2.45, 2.75) is 69.4 Å². The summed E-state index contributed by atoms with van der Waals surface area (Å²) in [5.74, 6) is 4.97. The SMILES string of the molecule is C.C.C.C.C.COCCNC(=O)CN(c1cc(OC)cc(OC)c1)c1ccc2ncc(-c3cnn(C)c3)nc2c1.COc1cc(OC)cc(N(CC(=O)NCCO)c2ccc3ncc(-c4cnn(C)c4)nc3c2)c1.COc1cc(OC)cc(N(CCCN)c2ccc3ncc(-c4cnn(C)c4)nc3c2)c1.COc1cc(OC)cc(N(CCCN2CCCC2)c2ccc3ncc(-c4cnn(CCO)c4)nc3c2)c1. The molecule has 2 amide bonds. The summed E-state index contributed by atoms with van der Waals surface area (Å²) in [6.07, 6.45) is 26.0. The summed E-state index contributed by atoms with van der Waals surface area (Å²) in [6, 6.07) is 46.3. The Morgan fingerprint density at radius 2 is 0.655 bits per heavy atom. The predicted molar refractivity (Wildman–Crippen MR) is 562 cm³/mol. The second-order valence-corrected chi connectivity index (χ2v) is 31.9. The summed E-state index contributed by atoms with van der Waals surface area (Å²) in [7, 11) is 20.1. The molecule has 0 aliphatic carbocycles. The first-order valence-corrected chi connectivity index (χ1v) is 44.5. The van der Waals surface area contributed by atoms with Crippen molar-refractivity contribution in [3.05, 3.63) is 220 Å². The van der Waals surface area contributed by atoms with Gasteiger partial charge in [-0.1, -0.05) is 37.1 Å². The molecule has 6 N–H and O–H groups in total. The van der Waals surface area contributed by atoms with E-state index in [1.54, 1.807) is 144 Å². The number of fused-ring (bicyclic) bond motifs is 4. The Bertz CT molecular complexity index is 6660. The molecule has 17 rings (SSSR count). The smallest absolute Gasteiger partial charge is 0.240 e. The molecule has 0 radical (unpaired) electrons. The second kappa shape index (κ2) is 53.5. The summed E-state index contributed by atoms with van der Waals surface area (Å²) in [5.41, 5.74) is 25.4. The number of aromatic nitrogens is 16. The number of anilines is 8. The molecule has 37 heteroatoms. The number of nitrogens with two attached hydrogens (primary N) is 1. The third-order valence-corrected chi connectivity index (χ3v) is 22.5. The largest absolute Gasteiger partial charge is 0.497 e. The van der Waals surface area contributed by atoms with Gasteiger partial charge >= 0.3 is 0 Å². The number of rotatable bonds is 38. The number of nitrogens with zero attached hydrogens (tertiary/aromatic N) is 21. The Kier molecular flexibility index (Phi) is 41.4. The van der Waals surface area contributed by atoms with Gasteiger partial charge in [-0.05, 0) is 125 Å². The van der Waals surface area contributed by atoms with E-state index in [4.69, 9.17) is 73.4 Å². The number of likely N-dealkylation sites (tertiary alicyclic amines) is 1. The average molecular weight is 1940 g/mol. The van der Waals surface area contributed by atoms with Crippen LogP contribution in [0.3, 0.4) is 0 Å². The molecule has 9 heterocycles. The van der Waals surface area contributed by atoms with Gasteiger partial charge in [0, 0.05) is 220 Å². The van der Waals surface area contributed by atoms with Crippen LogP contribution < -0.4 is 73.9 Å². The summed E-state index contributed by atoms with van der Waals surface area (Å²) < 4.78 is 55.7. The van der Waals surface area contributed by atoms with E-state index in [1.165, 1.54) is 25.9 Å². The minimum Gasteiger partial charge on any atom is -0.497 e. The van der Waals surface area contributed by atoms with Crippen molar-refractivity contribution in [1.82, 2.24) is 94.5 Å². The number of carbonyl (C=O) groups excluding carboxylic acids is 2. The Morgan fingerprint density at radius 1 is 0.352 bits per heavy atom. The number of nitrogens with one attached hydrogen (secondary N) is 2. The first kappa shape index (κ1) is 110. The van der Waals surface area contributed by atoms with Gasteiger partial charge in [-0.3, -0.25) is 48.3 Å².